The summed E-state index contributed by atoms with van der Waals surface area (Å²) in [5, 5.41) is 10.8. The number of fused-ring (bicyclic) bond motifs is 3. The zero-order valence-corrected chi connectivity index (χ0v) is 17.4. The average molecular weight is 408 g/mol. The lowest BCUT2D eigenvalue weighted by molar-refractivity contribution is 0.305. The summed E-state index contributed by atoms with van der Waals surface area (Å²) < 4.78 is 19.8. The Kier molecular flexibility index (Phi) is 4.60. The fraction of sp³-hybridized carbons (Fsp3) is 0.148. The van der Waals surface area contributed by atoms with Crippen molar-refractivity contribution in [2.45, 2.75) is 26.9 Å². The van der Waals surface area contributed by atoms with E-state index in [1.807, 2.05) is 6.07 Å². The van der Waals surface area contributed by atoms with E-state index in [1.54, 1.807) is 13.0 Å². The third kappa shape index (κ3) is 3.29. The summed E-state index contributed by atoms with van der Waals surface area (Å²) in [6.45, 7) is 4.22. The molecule has 2 heterocycles. The Morgan fingerprint density at radius 3 is 2.74 bits per heavy atom. The second-order valence-electron chi connectivity index (χ2n) is 7.98. The van der Waals surface area contributed by atoms with E-state index in [9.17, 15) is 9.65 Å². The summed E-state index contributed by atoms with van der Waals surface area (Å²) >= 11 is 0. The number of nitrogens with one attached hydrogen (secondary N) is 1. The van der Waals surface area contributed by atoms with Crippen molar-refractivity contribution in [1.29, 1.82) is 5.26 Å². The second-order valence-corrected chi connectivity index (χ2v) is 7.98. The number of rotatable bonds is 2. The van der Waals surface area contributed by atoms with Gasteiger partial charge >= 0.3 is 0 Å². The molecule has 1 aliphatic rings. The number of H-pyrrole nitrogens is 1. The van der Waals surface area contributed by atoms with Gasteiger partial charge in [0.2, 0.25) is 0 Å². The second kappa shape index (κ2) is 7.45. The molecule has 0 atom stereocenters. The van der Waals surface area contributed by atoms with Gasteiger partial charge in [0.15, 0.2) is 0 Å². The summed E-state index contributed by atoms with van der Waals surface area (Å²) in [4.78, 5) is 3.46. The fourth-order valence-corrected chi connectivity index (χ4v) is 4.47. The van der Waals surface area contributed by atoms with Crippen molar-refractivity contribution in [3.63, 3.8) is 0 Å². The van der Waals surface area contributed by atoms with E-state index in [-0.39, 0.29) is 5.82 Å². The molecule has 0 bridgehead atoms. The normalized spacial score (nSPS) is 14.3. The van der Waals surface area contributed by atoms with E-state index < -0.39 is 0 Å². The molecule has 1 N–H and O–H groups in total. The summed E-state index contributed by atoms with van der Waals surface area (Å²) in [6, 6.07) is 21.4. The molecule has 31 heavy (non-hydrogen) atoms. The maximum atomic E-state index is 13.8. The van der Waals surface area contributed by atoms with Crippen LogP contribution in [0.25, 0.3) is 16.5 Å². The molecule has 1 aromatic heterocycles. The Morgan fingerprint density at radius 1 is 1.10 bits per heavy atom. The first-order chi connectivity index (χ1) is 15.0. The number of ether oxygens (including phenoxy) is 1. The van der Waals surface area contributed by atoms with E-state index >= 15 is 0 Å². The molecule has 0 aliphatic carbocycles. The first-order valence-electron chi connectivity index (χ1n) is 10.3. The van der Waals surface area contributed by atoms with E-state index in [1.165, 1.54) is 28.6 Å². The van der Waals surface area contributed by atoms with Crippen molar-refractivity contribution in [3.05, 3.63) is 106 Å². The van der Waals surface area contributed by atoms with Gasteiger partial charge in [0.25, 0.3) is 0 Å². The molecule has 3 aromatic carbocycles. The predicted octanol–water partition coefficient (Wildman–Crippen LogP) is 6.44. The number of aryl methyl sites for hydroxylation is 1. The highest BCUT2D eigenvalue weighted by atomic mass is 19.1. The third-order valence-corrected chi connectivity index (χ3v) is 5.99. The molecular formula is C27H21FN2O. The van der Waals surface area contributed by atoms with Crippen LogP contribution in [-0.4, -0.2) is 4.98 Å². The molecular weight excluding hydrogens is 387 g/mol. The van der Waals surface area contributed by atoms with Gasteiger partial charge in [0.05, 0.1) is 6.07 Å². The fourth-order valence-electron chi connectivity index (χ4n) is 4.47. The number of benzene rings is 3. The van der Waals surface area contributed by atoms with Gasteiger partial charge in [-0.2, -0.15) is 5.26 Å². The van der Waals surface area contributed by atoms with Crippen LogP contribution in [0.4, 0.5) is 4.39 Å². The molecule has 4 aromatic rings. The molecule has 0 unspecified atom stereocenters. The van der Waals surface area contributed by atoms with Crippen LogP contribution >= 0.6 is 0 Å². The molecule has 152 valence electrons. The zero-order valence-electron chi connectivity index (χ0n) is 17.4. The average Bonchev–Trinajstić information content (AvgIpc) is 2.99. The Morgan fingerprint density at radius 2 is 1.90 bits per heavy atom. The molecule has 0 radical (unpaired) electrons. The van der Waals surface area contributed by atoms with Crippen molar-refractivity contribution in [2.24, 2.45) is 0 Å². The number of halogens is 1. The van der Waals surface area contributed by atoms with E-state index in [2.05, 4.69) is 54.4 Å². The number of hydrogen-bond donors (Lipinski definition) is 1. The summed E-state index contributed by atoms with van der Waals surface area (Å²) in [6.07, 6.45) is 0.793. The quantitative estimate of drug-likeness (QED) is 0.388. The van der Waals surface area contributed by atoms with Crippen LogP contribution in [-0.2, 0) is 13.0 Å². The minimum absolute atomic E-state index is 0.328. The van der Waals surface area contributed by atoms with Crippen molar-refractivity contribution in [2.75, 3.05) is 0 Å². The third-order valence-electron chi connectivity index (χ3n) is 5.99. The van der Waals surface area contributed by atoms with Gasteiger partial charge in [-0.05, 0) is 60.7 Å². The van der Waals surface area contributed by atoms with Gasteiger partial charge < -0.3 is 9.72 Å². The van der Waals surface area contributed by atoms with Gasteiger partial charge in [0.1, 0.15) is 18.2 Å². The molecule has 0 saturated carbocycles. The molecule has 1 aliphatic heterocycles. The first kappa shape index (κ1) is 19.1. The van der Waals surface area contributed by atoms with Crippen molar-refractivity contribution < 1.29 is 9.13 Å². The maximum Gasteiger partial charge on any atom is 0.130 e. The van der Waals surface area contributed by atoms with Crippen LogP contribution in [0.5, 0.6) is 5.75 Å². The van der Waals surface area contributed by atoms with Crippen LogP contribution in [0, 0.1) is 24.1 Å². The van der Waals surface area contributed by atoms with E-state index in [0.717, 1.165) is 39.9 Å². The Bertz CT molecular complexity index is 1400. The van der Waals surface area contributed by atoms with Gasteiger partial charge in [-0.25, -0.2) is 4.39 Å². The Labute approximate surface area is 180 Å². The predicted molar refractivity (Wildman–Crippen MR) is 120 cm³/mol. The van der Waals surface area contributed by atoms with Crippen LogP contribution in [0.1, 0.15) is 40.4 Å². The zero-order chi connectivity index (χ0) is 21.5. The highest BCUT2D eigenvalue weighted by Crippen LogP contribution is 2.39. The molecule has 4 heteroatoms. The molecule has 0 fully saturated rings. The number of allylic oxidation sites excluding steroid dienone is 1. The van der Waals surface area contributed by atoms with Crippen LogP contribution in [0.2, 0.25) is 0 Å². The first-order valence-corrected chi connectivity index (χ1v) is 10.3. The van der Waals surface area contributed by atoms with Gasteiger partial charge in [-0.15, -0.1) is 0 Å². The number of nitrogens with zero attached hydrogens (tertiary/aromatic N) is 1. The topological polar surface area (TPSA) is 48.8 Å². The maximum absolute atomic E-state index is 13.8. The Hall–Kier alpha value is -3.84. The lowest BCUT2D eigenvalue weighted by Crippen LogP contribution is -1.99. The molecule has 3 nitrogen and oxygen atoms in total. The standard InChI is InChI=1S/C27H21FN2O/c1-16(14-29)27-21-9-7-18(12-24-17(2)30-25-6-4-3-5-22(24)25)11-19(21)15-31-26-13-20(28)8-10-23(26)27/h3-11,13,30H,12,15H2,1-2H3. The lowest BCUT2D eigenvalue weighted by Gasteiger charge is -2.13. The largest absolute Gasteiger partial charge is 0.488 e. The monoisotopic (exact) mass is 408 g/mol. The highest BCUT2D eigenvalue weighted by molar-refractivity contribution is 5.88. The highest BCUT2D eigenvalue weighted by Gasteiger charge is 2.22. The molecule has 0 spiro atoms. The van der Waals surface area contributed by atoms with Crippen LogP contribution in [0.15, 0.2) is 66.2 Å². The van der Waals surface area contributed by atoms with Crippen LogP contribution in [0.3, 0.4) is 0 Å². The minimum Gasteiger partial charge on any atom is -0.488 e. The summed E-state index contributed by atoms with van der Waals surface area (Å²) in [7, 11) is 0. The number of nitriles is 1. The number of hydrogen-bond acceptors (Lipinski definition) is 2. The van der Waals surface area contributed by atoms with Gasteiger partial charge in [-0.1, -0.05) is 36.4 Å². The van der Waals surface area contributed by atoms with Crippen molar-refractivity contribution >= 4 is 16.5 Å². The molecule has 0 amide bonds. The molecule has 0 saturated heterocycles. The van der Waals surface area contributed by atoms with E-state index in [0.29, 0.717) is 17.9 Å². The molecule has 5 rings (SSSR count). The Balaban J connectivity index is 1.61. The van der Waals surface area contributed by atoms with Gasteiger partial charge in [-0.3, -0.25) is 0 Å². The summed E-state index contributed by atoms with van der Waals surface area (Å²) in [5.74, 6) is 0.115. The SMILES string of the molecule is CC(C#N)=C1c2ccc(Cc3c(C)[nH]c4ccccc34)cc2COc2cc(F)ccc21. The van der Waals surface area contributed by atoms with Crippen molar-refractivity contribution in [1.82, 2.24) is 4.98 Å². The lowest BCUT2D eigenvalue weighted by atomic mass is 9.89. The smallest absolute Gasteiger partial charge is 0.130 e. The van der Waals surface area contributed by atoms with Gasteiger partial charge in [0, 0.05) is 39.4 Å². The van der Waals surface area contributed by atoms with E-state index in [4.69, 9.17) is 4.74 Å². The number of aromatic nitrogens is 1. The minimum atomic E-state index is -0.353. The number of para-hydroxylation sites is 1. The van der Waals surface area contributed by atoms with Crippen LogP contribution < -0.4 is 4.74 Å². The summed E-state index contributed by atoms with van der Waals surface area (Å²) in [5.41, 5.74) is 8.84. The van der Waals surface area contributed by atoms with Crippen molar-refractivity contribution in [3.8, 4) is 11.8 Å². The number of aromatic amines is 1.